The highest BCUT2D eigenvalue weighted by molar-refractivity contribution is 5.92. The molecule has 2 aromatic rings. The number of nitrogens with one attached hydrogen (secondary N) is 1. The van der Waals surface area contributed by atoms with Crippen molar-refractivity contribution in [2.45, 2.75) is 44.3 Å². The fourth-order valence-electron chi connectivity index (χ4n) is 3.44. The predicted octanol–water partition coefficient (Wildman–Crippen LogP) is 2.32. The molecule has 1 aliphatic heterocycles. The monoisotopic (exact) mass is 343 g/mol. The third-order valence-corrected chi connectivity index (χ3v) is 5.00. The van der Waals surface area contributed by atoms with E-state index in [1.54, 1.807) is 16.9 Å². The molecule has 1 aromatic heterocycles. The van der Waals surface area contributed by atoms with Gasteiger partial charge in [0.15, 0.2) is 5.69 Å². The summed E-state index contributed by atoms with van der Waals surface area (Å²) >= 11 is 0. The molecule has 132 valence electrons. The number of hydrogen-bond acceptors (Lipinski definition) is 4. The number of carbonyl (C=O) groups is 1. The number of hydrogen-bond donors (Lipinski definition) is 1. The summed E-state index contributed by atoms with van der Waals surface area (Å²) in [6.45, 7) is 3.49. The molecule has 1 amide bonds. The average molecular weight is 343 g/mol. The first kappa shape index (κ1) is 16.2. The molecule has 2 aliphatic rings. The number of amides is 1. The second-order valence-electron chi connectivity index (χ2n) is 6.88. The Bertz CT molecular complexity index is 766. The van der Waals surface area contributed by atoms with E-state index in [1.165, 1.54) is 6.07 Å². The molecule has 1 unspecified atom stereocenters. The minimum Gasteiger partial charge on any atom is -0.345 e. The van der Waals surface area contributed by atoms with Crippen molar-refractivity contribution in [2.75, 3.05) is 13.1 Å². The van der Waals surface area contributed by atoms with Gasteiger partial charge in [-0.25, -0.2) is 9.07 Å². The van der Waals surface area contributed by atoms with Crippen LogP contribution in [0.3, 0.4) is 0 Å². The Hall–Kier alpha value is -2.28. The summed E-state index contributed by atoms with van der Waals surface area (Å²) in [5, 5.41) is 11.0. The van der Waals surface area contributed by atoms with Crippen LogP contribution < -0.4 is 5.32 Å². The highest BCUT2D eigenvalue weighted by Crippen LogP contribution is 2.33. The lowest BCUT2D eigenvalue weighted by Gasteiger charge is -2.44. The number of likely N-dealkylation sites (tertiary alicyclic amines) is 1. The van der Waals surface area contributed by atoms with Gasteiger partial charge in [-0.3, -0.25) is 9.69 Å². The zero-order valence-corrected chi connectivity index (χ0v) is 14.2. The summed E-state index contributed by atoms with van der Waals surface area (Å²) < 4.78 is 15.8. The molecule has 1 saturated carbocycles. The minimum absolute atomic E-state index is 0.0464. The van der Waals surface area contributed by atoms with Gasteiger partial charge in [0, 0.05) is 24.7 Å². The van der Waals surface area contributed by atoms with Gasteiger partial charge in [-0.1, -0.05) is 30.3 Å². The second-order valence-corrected chi connectivity index (χ2v) is 6.88. The molecule has 1 atom stereocenters. The summed E-state index contributed by atoms with van der Waals surface area (Å²) in [6.07, 6.45) is 4.77. The van der Waals surface area contributed by atoms with E-state index in [-0.39, 0.29) is 23.8 Å². The van der Waals surface area contributed by atoms with Crippen LogP contribution in [0.25, 0.3) is 0 Å². The third kappa shape index (κ3) is 3.28. The molecule has 2 heterocycles. The zero-order valence-electron chi connectivity index (χ0n) is 14.2. The van der Waals surface area contributed by atoms with E-state index in [0.717, 1.165) is 37.9 Å². The molecule has 7 heteroatoms. The Morgan fingerprint density at radius 2 is 2.12 bits per heavy atom. The van der Waals surface area contributed by atoms with Crippen molar-refractivity contribution in [3.05, 3.63) is 47.5 Å². The van der Waals surface area contributed by atoms with Gasteiger partial charge in [0.1, 0.15) is 5.82 Å². The molecule has 4 rings (SSSR count). The summed E-state index contributed by atoms with van der Waals surface area (Å²) in [5.41, 5.74) is 1.09. The highest BCUT2D eigenvalue weighted by Gasteiger charge is 2.35. The number of benzene rings is 1. The van der Waals surface area contributed by atoms with Gasteiger partial charge in [-0.15, -0.1) is 5.10 Å². The first-order valence-corrected chi connectivity index (χ1v) is 8.87. The standard InChI is InChI=1S/C18H22FN5O/c1-2-17(14-5-3-4-6-15(14)19)23-9-12(10-23)20-18(25)16-11-24(22-21-16)13-7-8-13/h3-6,11-13,17H,2,7-10H2,1H3,(H,20,25). The molecule has 0 bridgehead atoms. The van der Waals surface area contributed by atoms with Crippen LogP contribution in [0.4, 0.5) is 4.39 Å². The lowest BCUT2D eigenvalue weighted by Crippen LogP contribution is -2.60. The smallest absolute Gasteiger partial charge is 0.273 e. The summed E-state index contributed by atoms with van der Waals surface area (Å²) in [7, 11) is 0. The van der Waals surface area contributed by atoms with Crippen molar-refractivity contribution in [1.82, 2.24) is 25.2 Å². The topological polar surface area (TPSA) is 63.1 Å². The maximum Gasteiger partial charge on any atom is 0.273 e. The van der Waals surface area contributed by atoms with E-state index >= 15 is 0 Å². The quantitative estimate of drug-likeness (QED) is 0.874. The molecule has 1 N–H and O–H groups in total. The maximum absolute atomic E-state index is 14.0. The van der Waals surface area contributed by atoms with Gasteiger partial charge in [-0.05, 0) is 25.3 Å². The Morgan fingerprint density at radius 1 is 1.36 bits per heavy atom. The number of rotatable bonds is 6. The van der Waals surface area contributed by atoms with Gasteiger partial charge < -0.3 is 5.32 Å². The number of aromatic nitrogens is 3. The number of nitrogens with zero attached hydrogens (tertiary/aromatic N) is 4. The first-order valence-electron chi connectivity index (χ1n) is 8.87. The van der Waals surface area contributed by atoms with Crippen LogP contribution in [-0.4, -0.2) is 44.9 Å². The van der Waals surface area contributed by atoms with Crippen LogP contribution in [0.15, 0.2) is 30.5 Å². The van der Waals surface area contributed by atoms with Crippen molar-refractivity contribution in [3.8, 4) is 0 Å². The molecular weight excluding hydrogens is 321 g/mol. The third-order valence-electron chi connectivity index (χ3n) is 5.00. The molecule has 1 saturated heterocycles. The van der Waals surface area contributed by atoms with Gasteiger partial charge in [0.2, 0.25) is 0 Å². The lowest BCUT2D eigenvalue weighted by atomic mass is 9.96. The molecule has 25 heavy (non-hydrogen) atoms. The van der Waals surface area contributed by atoms with E-state index in [9.17, 15) is 9.18 Å². The van der Waals surface area contributed by atoms with E-state index in [4.69, 9.17) is 0 Å². The molecular formula is C18H22FN5O. The van der Waals surface area contributed by atoms with Crippen LogP contribution in [-0.2, 0) is 0 Å². The van der Waals surface area contributed by atoms with Crippen molar-refractivity contribution in [2.24, 2.45) is 0 Å². The Morgan fingerprint density at radius 3 is 2.80 bits per heavy atom. The molecule has 0 radical (unpaired) electrons. The van der Waals surface area contributed by atoms with Gasteiger partial charge >= 0.3 is 0 Å². The van der Waals surface area contributed by atoms with E-state index in [2.05, 4.69) is 27.5 Å². The Labute approximate surface area is 146 Å². The minimum atomic E-state index is -0.185. The first-order chi connectivity index (χ1) is 12.2. The van der Waals surface area contributed by atoms with Gasteiger partial charge in [-0.2, -0.15) is 0 Å². The van der Waals surface area contributed by atoms with E-state index < -0.39 is 0 Å². The summed E-state index contributed by atoms with van der Waals surface area (Å²) in [4.78, 5) is 14.5. The molecule has 1 aliphatic carbocycles. The van der Waals surface area contributed by atoms with Crippen molar-refractivity contribution >= 4 is 5.91 Å². The predicted molar refractivity (Wildman–Crippen MR) is 90.6 cm³/mol. The Balaban J connectivity index is 1.33. The van der Waals surface area contributed by atoms with Crippen LogP contribution in [0.5, 0.6) is 0 Å². The second kappa shape index (κ2) is 6.55. The SMILES string of the molecule is CCC(c1ccccc1F)N1CC(NC(=O)c2cn(C3CC3)nn2)C1. The highest BCUT2D eigenvalue weighted by atomic mass is 19.1. The largest absolute Gasteiger partial charge is 0.345 e. The van der Waals surface area contributed by atoms with Crippen LogP contribution in [0, 0.1) is 5.82 Å². The number of carbonyl (C=O) groups excluding carboxylic acids is 1. The lowest BCUT2D eigenvalue weighted by molar-refractivity contribution is 0.0604. The van der Waals surface area contributed by atoms with E-state index in [1.807, 2.05) is 12.1 Å². The van der Waals surface area contributed by atoms with Crippen LogP contribution in [0.1, 0.15) is 54.3 Å². The zero-order chi connectivity index (χ0) is 17.4. The van der Waals surface area contributed by atoms with Crippen LogP contribution in [0.2, 0.25) is 0 Å². The molecule has 2 fully saturated rings. The molecule has 1 aromatic carbocycles. The van der Waals surface area contributed by atoms with Crippen molar-refractivity contribution in [1.29, 1.82) is 0 Å². The van der Waals surface area contributed by atoms with E-state index in [0.29, 0.717) is 11.7 Å². The van der Waals surface area contributed by atoms with Gasteiger partial charge in [0.25, 0.3) is 5.91 Å². The summed E-state index contributed by atoms with van der Waals surface area (Å²) in [6, 6.07) is 7.44. The van der Waals surface area contributed by atoms with Crippen molar-refractivity contribution < 1.29 is 9.18 Å². The van der Waals surface area contributed by atoms with Crippen molar-refractivity contribution in [3.63, 3.8) is 0 Å². The molecule has 6 nitrogen and oxygen atoms in total. The Kier molecular flexibility index (Phi) is 4.25. The van der Waals surface area contributed by atoms with Gasteiger partial charge in [0.05, 0.1) is 18.3 Å². The normalized spacial score (nSPS) is 19.4. The average Bonchev–Trinajstić information content (AvgIpc) is 3.31. The maximum atomic E-state index is 14.0. The fraction of sp³-hybridized carbons (Fsp3) is 0.500. The number of halogens is 1. The molecule has 0 spiro atoms. The van der Waals surface area contributed by atoms with Crippen LogP contribution >= 0.6 is 0 Å². The fourth-order valence-corrected chi connectivity index (χ4v) is 3.44. The summed E-state index contributed by atoms with van der Waals surface area (Å²) in [5.74, 6) is -0.353.